The van der Waals surface area contributed by atoms with Crippen LogP contribution in [0, 0.1) is 0 Å². The van der Waals surface area contributed by atoms with Gasteiger partial charge in [0.05, 0.1) is 11.3 Å². The highest BCUT2D eigenvalue weighted by molar-refractivity contribution is 5.87. The van der Waals surface area contributed by atoms with E-state index in [0.29, 0.717) is 5.69 Å². The molecule has 0 bridgehead atoms. The number of hydrogen-bond acceptors (Lipinski definition) is 2. The molecule has 0 heterocycles. The van der Waals surface area contributed by atoms with Crippen molar-refractivity contribution in [2.24, 2.45) is 0 Å². The van der Waals surface area contributed by atoms with Crippen molar-refractivity contribution in [1.82, 2.24) is 5.84 Å². The van der Waals surface area contributed by atoms with Crippen LogP contribution in [0.1, 0.15) is 10.4 Å². The molecule has 1 rings (SSSR count). The fourth-order valence-corrected chi connectivity index (χ4v) is 0.687. The standard InChI is InChI=1S/C7H6N2O2/c8-9-6-3-1-5(2-4-6)7(10)11/h1-4,9H,(H,10,11). The van der Waals surface area contributed by atoms with Crippen molar-refractivity contribution >= 4 is 11.7 Å². The lowest BCUT2D eigenvalue weighted by molar-refractivity contribution is 0.0697. The van der Waals surface area contributed by atoms with Crippen molar-refractivity contribution in [3.63, 3.8) is 0 Å². The Bertz CT molecular complexity index is 256. The van der Waals surface area contributed by atoms with Crippen LogP contribution < -0.4 is 11.3 Å². The minimum Gasteiger partial charge on any atom is -0.478 e. The van der Waals surface area contributed by atoms with Crippen molar-refractivity contribution in [3.8, 4) is 0 Å². The van der Waals surface area contributed by atoms with Gasteiger partial charge in [0, 0.05) is 0 Å². The molecule has 2 N–H and O–H groups in total. The smallest absolute Gasteiger partial charge is 0.335 e. The van der Waals surface area contributed by atoms with Gasteiger partial charge in [0.15, 0.2) is 0 Å². The molecule has 4 heteroatoms. The third-order valence-electron chi connectivity index (χ3n) is 1.26. The minimum atomic E-state index is -0.977. The van der Waals surface area contributed by atoms with Crippen molar-refractivity contribution in [3.05, 3.63) is 29.8 Å². The predicted octanol–water partition coefficient (Wildman–Crippen LogP) is 0.780. The van der Waals surface area contributed by atoms with E-state index in [-0.39, 0.29) is 5.56 Å². The number of benzene rings is 1. The van der Waals surface area contributed by atoms with Gasteiger partial charge < -0.3 is 5.11 Å². The second-order valence-electron chi connectivity index (χ2n) is 1.99. The Labute approximate surface area is 63.6 Å². The lowest BCUT2D eigenvalue weighted by Gasteiger charge is -1.96. The summed E-state index contributed by atoms with van der Waals surface area (Å²) in [6.45, 7) is 0. The number of carboxylic acids is 1. The van der Waals surface area contributed by atoms with Gasteiger partial charge in [-0.15, -0.1) is 0 Å². The molecule has 0 saturated carbocycles. The van der Waals surface area contributed by atoms with Gasteiger partial charge in [-0.3, -0.25) is 5.43 Å². The predicted molar refractivity (Wildman–Crippen MR) is 39.2 cm³/mol. The fraction of sp³-hybridized carbons (Fsp3) is 0. The van der Waals surface area contributed by atoms with Crippen molar-refractivity contribution < 1.29 is 9.90 Å². The molecular formula is C7H6N2O2. The van der Waals surface area contributed by atoms with E-state index >= 15 is 0 Å². The Morgan fingerprint density at radius 2 is 1.91 bits per heavy atom. The largest absolute Gasteiger partial charge is 0.478 e. The van der Waals surface area contributed by atoms with Crippen LogP contribution in [0.4, 0.5) is 5.69 Å². The summed E-state index contributed by atoms with van der Waals surface area (Å²) in [7, 11) is 0. The van der Waals surface area contributed by atoms with E-state index in [2.05, 4.69) is 0 Å². The lowest BCUT2D eigenvalue weighted by atomic mass is 10.2. The molecule has 0 aliphatic carbocycles. The first-order valence-corrected chi connectivity index (χ1v) is 2.97. The molecule has 0 amide bonds. The van der Waals surface area contributed by atoms with E-state index < -0.39 is 5.97 Å². The molecule has 56 valence electrons. The molecule has 0 aliphatic rings. The normalized spacial score (nSPS) is 9.18. The third kappa shape index (κ3) is 1.68. The van der Waals surface area contributed by atoms with E-state index in [1.807, 2.05) is 5.43 Å². The summed E-state index contributed by atoms with van der Waals surface area (Å²) in [6.07, 6.45) is 0. The number of anilines is 1. The van der Waals surface area contributed by atoms with Crippen LogP contribution in [-0.4, -0.2) is 11.1 Å². The van der Waals surface area contributed by atoms with E-state index in [4.69, 9.17) is 10.9 Å². The minimum absolute atomic E-state index is 0.198. The van der Waals surface area contributed by atoms with E-state index in [1.165, 1.54) is 24.3 Å². The summed E-state index contributed by atoms with van der Waals surface area (Å²) >= 11 is 0. The maximum Gasteiger partial charge on any atom is 0.335 e. The number of hydrogen-bond donors (Lipinski definition) is 2. The SMILES string of the molecule is [N]Nc1ccc(C(=O)O)cc1. The van der Waals surface area contributed by atoms with Crippen molar-refractivity contribution in [2.75, 3.05) is 5.43 Å². The number of aromatic carboxylic acids is 1. The fourth-order valence-electron chi connectivity index (χ4n) is 0.687. The van der Waals surface area contributed by atoms with Gasteiger partial charge in [0.2, 0.25) is 0 Å². The van der Waals surface area contributed by atoms with Crippen LogP contribution >= 0.6 is 0 Å². The van der Waals surface area contributed by atoms with Crippen LogP contribution in [0.15, 0.2) is 24.3 Å². The van der Waals surface area contributed by atoms with E-state index in [1.54, 1.807) is 0 Å². The average Bonchev–Trinajstić information content (AvgIpc) is 2.05. The molecule has 2 radical (unpaired) electrons. The Hall–Kier alpha value is -1.55. The van der Waals surface area contributed by atoms with Gasteiger partial charge in [-0.05, 0) is 30.1 Å². The van der Waals surface area contributed by atoms with E-state index in [0.717, 1.165) is 0 Å². The Kier molecular flexibility index (Phi) is 2.08. The number of carboxylic acid groups (broad SMARTS) is 1. The van der Waals surface area contributed by atoms with Gasteiger partial charge in [0.1, 0.15) is 0 Å². The van der Waals surface area contributed by atoms with Crippen LogP contribution in [-0.2, 0) is 0 Å². The first-order chi connectivity index (χ1) is 5.24. The molecule has 1 aromatic rings. The highest BCUT2D eigenvalue weighted by atomic mass is 16.4. The number of carbonyl (C=O) groups is 1. The Balaban J connectivity index is 2.91. The summed E-state index contributed by atoms with van der Waals surface area (Å²) in [5, 5.41) is 8.47. The number of nitrogens with one attached hydrogen (secondary N) is 1. The zero-order chi connectivity index (χ0) is 8.27. The first-order valence-electron chi connectivity index (χ1n) is 2.97. The van der Waals surface area contributed by atoms with Crippen molar-refractivity contribution in [2.45, 2.75) is 0 Å². The maximum atomic E-state index is 10.3. The molecule has 0 atom stereocenters. The van der Waals surface area contributed by atoms with Gasteiger partial charge >= 0.3 is 5.97 Å². The molecule has 0 saturated heterocycles. The Morgan fingerprint density at radius 1 is 1.36 bits per heavy atom. The number of rotatable bonds is 2. The molecule has 0 spiro atoms. The van der Waals surface area contributed by atoms with Crippen LogP contribution in [0.25, 0.3) is 0 Å². The van der Waals surface area contributed by atoms with E-state index in [9.17, 15) is 4.79 Å². The van der Waals surface area contributed by atoms with Crippen LogP contribution in [0.5, 0.6) is 0 Å². The topological polar surface area (TPSA) is 71.6 Å². The first kappa shape index (κ1) is 7.56. The highest BCUT2D eigenvalue weighted by Crippen LogP contribution is 2.07. The Morgan fingerprint density at radius 3 is 2.27 bits per heavy atom. The van der Waals surface area contributed by atoms with Gasteiger partial charge in [0.25, 0.3) is 0 Å². The average molecular weight is 150 g/mol. The molecule has 11 heavy (non-hydrogen) atoms. The summed E-state index contributed by atoms with van der Waals surface area (Å²) in [6, 6.07) is 5.76. The lowest BCUT2D eigenvalue weighted by Crippen LogP contribution is -1.97. The van der Waals surface area contributed by atoms with Crippen LogP contribution in [0.3, 0.4) is 0 Å². The second kappa shape index (κ2) is 3.03. The zero-order valence-electron chi connectivity index (χ0n) is 5.61. The zero-order valence-corrected chi connectivity index (χ0v) is 5.61. The third-order valence-corrected chi connectivity index (χ3v) is 1.26. The molecular weight excluding hydrogens is 144 g/mol. The molecule has 0 unspecified atom stereocenters. The highest BCUT2D eigenvalue weighted by Gasteiger charge is 1.99. The summed E-state index contributed by atoms with van der Waals surface area (Å²) in [5.41, 5.74) is 2.57. The van der Waals surface area contributed by atoms with Gasteiger partial charge in [-0.1, -0.05) is 0 Å². The second-order valence-corrected chi connectivity index (χ2v) is 1.99. The number of nitrogens with zero attached hydrogens (tertiary/aromatic N) is 1. The summed E-state index contributed by atoms with van der Waals surface area (Å²) in [4.78, 5) is 10.3. The van der Waals surface area contributed by atoms with Gasteiger partial charge in [-0.25, -0.2) is 4.79 Å². The van der Waals surface area contributed by atoms with Gasteiger partial charge in [-0.2, -0.15) is 0 Å². The maximum absolute atomic E-state index is 10.3. The summed E-state index contributed by atoms with van der Waals surface area (Å²) in [5.74, 6) is 7.39. The monoisotopic (exact) mass is 150 g/mol. The molecule has 0 fully saturated rings. The van der Waals surface area contributed by atoms with Crippen LogP contribution in [0.2, 0.25) is 0 Å². The quantitative estimate of drug-likeness (QED) is 0.612. The molecule has 0 aromatic heterocycles. The van der Waals surface area contributed by atoms with Crippen molar-refractivity contribution in [1.29, 1.82) is 0 Å². The molecule has 4 nitrogen and oxygen atoms in total. The molecule has 0 aliphatic heterocycles. The summed E-state index contributed by atoms with van der Waals surface area (Å²) < 4.78 is 0. The molecule has 1 aromatic carbocycles.